The summed E-state index contributed by atoms with van der Waals surface area (Å²) in [6.45, 7) is 7.22. The molecule has 9 heteroatoms. The fourth-order valence-corrected chi connectivity index (χ4v) is 5.45. The molecule has 0 aliphatic rings. The molecule has 0 bridgehead atoms. The topological polar surface area (TPSA) is 99.3 Å². The van der Waals surface area contributed by atoms with Crippen LogP contribution in [0.5, 0.6) is 5.75 Å². The average Bonchev–Trinajstić information content (AvgIpc) is 3.80. The molecule has 6 rings (SSSR count). The predicted molar refractivity (Wildman–Crippen MR) is 164 cm³/mol. The van der Waals surface area contributed by atoms with Crippen LogP contribution in [-0.2, 0) is 13.0 Å². The van der Waals surface area contributed by atoms with Crippen molar-refractivity contribution in [3.8, 4) is 28.3 Å². The lowest BCUT2D eigenvalue weighted by Gasteiger charge is -2.21. The first-order valence-corrected chi connectivity index (χ1v) is 14.7. The molecule has 6 aromatic rings. The molecule has 9 nitrogen and oxygen atoms in total. The van der Waals surface area contributed by atoms with Gasteiger partial charge in [-0.25, -0.2) is 9.97 Å². The Kier molecular flexibility index (Phi) is 8.07. The van der Waals surface area contributed by atoms with Crippen molar-refractivity contribution < 1.29 is 4.74 Å². The second-order valence-electron chi connectivity index (χ2n) is 10.6. The second-order valence-corrected chi connectivity index (χ2v) is 10.6. The highest BCUT2D eigenvalue weighted by Gasteiger charge is 2.20. The number of rotatable bonds is 12. The molecule has 3 heterocycles. The summed E-state index contributed by atoms with van der Waals surface area (Å²) in [5.74, 6) is 2.52. The number of benzene rings is 3. The molecule has 0 saturated heterocycles. The maximum absolute atomic E-state index is 6.73. The van der Waals surface area contributed by atoms with Gasteiger partial charge in [-0.2, -0.15) is 5.21 Å². The van der Waals surface area contributed by atoms with E-state index >= 15 is 0 Å². The Morgan fingerprint density at radius 3 is 2.50 bits per heavy atom. The van der Waals surface area contributed by atoms with E-state index in [-0.39, 0.29) is 6.23 Å². The summed E-state index contributed by atoms with van der Waals surface area (Å²) >= 11 is 0. The SMILES string of the molecule is CCCCc1nc2c(C)ccc(OC(CCC)n3ccnc3)c2n1Cc1ccc(-c2ccccc2-c2nn[nH]n2)cc1. The van der Waals surface area contributed by atoms with Gasteiger partial charge in [0.1, 0.15) is 17.1 Å². The minimum Gasteiger partial charge on any atom is -0.468 e. The molecule has 1 atom stereocenters. The fourth-order valence-electron chi connectivity index (χ4n) is 5.45. The summed E-state index contributed by atoms with van der Waals surface area (Å²) in [5, 5.41) is 14.7. The van der Waals surface area contributed by atoms with Crippen LogP contribution in [-0.4, -0.2) is 39.7 Å². The molecular weight excluding hydrogens is 524 g/mol. The van der Waals surface area contributed by atoms with E-state index in [0.717, 1.165) is 77.0 Å². The molecule has 3 aromatic carbocycles. The van der Waals surface area contributed by atoms with Gasteiger partial charge in [-0.15, -0.1) is 10.2 Å². The van der Waals surface area contributed by atoms with Crippen LogP contribution in [0.1, 0.15) is 62.7 Å². The number of hydrogen-bond acceptors (Lipinski definition) is 6. The number of H-pyrrole nitrogens is 1. The monoisotopic (exact) mass is 560 g/mol. The molecule has 42 heavy (non-hydrogen) atoms. The van der Waals surface area contributed by atoms with Crippen LogP contribution in [0.2, 0.25) is 0 Å². The van der Waals surface area contributed by atoms with Crippen LogP contribution >= 0.6 is 0 Å². The molecule has 214 valence electrons. The zero-order chi connectivity index (χ0) is 28.9. The summed E-state index contributed by atoms with van der Waals surface area (Å²) in [5.41, 5.74) is 7.51. The summed E-state index contributed by atoms with van der Waals surface area (Å²) in [6, 6.07) is 21.1. The van der Waals surface area contributed by atoms with Crippen LogP contribution in [0.3, 0.4) is 0 Å². The Hall–Kier alpha value is -4.79. The van der Waals surface area contributed by atoms with Crippen LogP contribution in [0.25, 0.3) is 33.5 Å². The lowest BCUT2D eigenvalue weighted by molar-refractivity contribution is 0.122. The smallest absolute Gasteiger partial charge is 0.205 e. The Morgan fingerprint density at radius 1 is 0.952 bits per heavy atom. The zero-order valence-corrected chi connectivity index (χ0v) is 24.4. The summed E-state index contributed by atoms with van der Waals surface area (Å²) in [6.07, 6.45) is 10.5. The predicted octanol–water partition coefficient (Wildman–Crippen LogP) is 7.16. The van der Waals surface area contributed by atoms with Gasteiger partial charge in [0.2, 0.25) is 5.82 Å². The van der Waals surface area contributed by atoms with Gasteiger partial charge < -0.3 is 13.9 Å². The average molecular weight is 561 g/mol. The van der Waals surface area contributed by atoms with E-state index in [1.54, 1.807) is 6.20 Å². The van der Waals surface area contributed by atoms with Gasteiger partial charge in [0, 0.05) is 37.3 Å². The number of hydrogen-bond donors (Lipinski definition) is 1. The van der Waals surface area contributed by atoms with Crippen molar-refractivity contribution in [3.63, 3.8) is 0 Å². The zero-order valence-electron chi connectivity index (χ0n) is 24.4. The summed E-state index contributed by atoms with van der Waals surface area (Å²) < 4.78 is 11.1. The van der Waals surface area contributed by atoms with Gasteiger partial charge in [-0.1, -0.05) is 81.3 Å². The number of unbranched alkanes of at least 4 members (excludes halogenated alkanes) is 1. The van der Waals surface area contributed by atoms with Gasteiger partial charge in [0.15, 0.2) is 6.23 Å². The van der Waals surface area contributed by atoms with Gasteiger partial charge in [0.05, 0.1) is 11.8 Å². The quantitative estimate of drug-likeness (QED) is 0.171. The number of aromatic amines is 1. The standard InChI is InChI=1S/C33H36N8O/c1-4-6-12-29-35-31-23(3)13-18-28(42-30(9-5-2)40-20-19-34-22-40)32(31)41(29)21-24-14-16-25(17-15-24)26-10-7-8-11-27(26)33-36-38-39-37-33/h7-8,10-11,13-20,22,30H,4-6,9,12,21H2,1-3H3,(H,36,37,38,39). The number of ether oxygens (including phenoxy) is 1. The maximum atomic E-state index is 6.73. The first-order chi connectivity index (χ1) is 20.7. The van der Waals surface area contributed by atoms with Crippen LogP contribution in [0, 0.1) is 6.92 Å². The molecule has 0 amide bonds. The van der Waals surface area contributed by atoms with Crippen molar-refractivity contribution in [2.45, 2.75) is 65.6 Å². The summed E-state index contributed by atoms with van der Waals surface area (Å²) in [4.78, 5) is 9.43. The first-order valence-electron chi connectivity index (χ1n) is 14.7. The van der Waals surface area contributed by atoms with Gasteiger partial charge >= 0.3 is 0 Å². The number of aryl methyl sites for hydroxylation is 2. The number of nitrogens with one attached hydrogen (secondary N) is 1. The Labute approximate surface area is 245 Å². The van der Waals surface area contributed by atoms with E-state index in [9.17, 15) is 0 Å². The number of tetrazole rings is 1. The van der Waals surface area contributed by atoms with Crippen molar-refractivity contribution in [1.29, 1.82) is 0 Å². The third-order valence-corrected chi connectivity index (χ3v) is 7.67. The van der Waals surface area contributed by atoms with Gasteiger partial charge in [-0.05, 0) is 46.9 Å². The van der Waals surface area contributed by atoms with Crippen molar-refractivity contribution in [1.82, 2.24) is 39.7 Å². The fraction of sp³-hybridized carbons (Fsp3) is 0.303. The van der Waals surface area contributed by atoms with E-state index < -0.39 is 0 Å². The second kappa shape index (κ2) is 12.4. The minimum absolute atomic E-state index is 0.135. The molecule has 0 radical (unpaired) electrons. The first kappa shape index (κ1) is 27.4. The molecule has 0 aliphatic carbocycles. The number of aromatic nitrogens is 8. The van der Waals surface area contributed by atoms with Gasteiger partial charge in [0.25, 0.3) is 0 Å². The maximum Gasteiger partial charge on any atom is 0.205 e. The molecule has 0 fully saturated rings. The molecule has 1 unspecified atom stereocenters. The third kappa shape index (κ3) is 5.54. The van der Waals surface area contributed by atoms with Crippen molar-refractivity contribution in [2.24, 2.45) is 0 Å². The van der Waals surface area contributed by atoms with Crippen molar-refractivity contribution in [3.05, 3.63) is 96.3 Å². The Bertz CT molecular complexity index is 1740. The third-order valence-electron chi connectivity index (χ3n) is 7.67. The lowest BCUT2D eigenvalue weighted by atomic mass is 9.98. The number of fused-ring (bicyclic) bond motifs is 1. The highest BCUT2D eigenvalue weighted by Crippen LogP contribution is 2.34. The number of imidazole rings is 2. The van der Waals surface area contributed by atoms with E-state index in [1.165, 1.54) is 5.56 Å². The molecular formula is C33H36N8O. The van der Waals surface area contributed by atoms with Crippen LogP contribution < -0.4 is 4.74 Å². The highest BCUT2D eigenvalue weighted by atomic mass is 16.5. The normalized spacial score (nSPS) is 12.2. The largest absolute Gasteiger partial charge is 0.468 e. The minimum atomic E-state index is -0.135. The van der Waals surface area contributed by atoms with E-state index in [4.69, 9.17) is 9.72 Å². The van der Waals surface area contributed by atoms with Gasteiger partial charge in [-0.3, -0.25) is 0 Å². The Balaban J connectivity index is 1.38. The van der Waals surface area contributed by atoms with Crippen LogP contribution in [0.15, 0.2) is 79.4 Å². The van der Waals surface area contributed by atoms with E-state index in [1.807, 2.05) is 35.3 Å². The van der Waals surface area contributed by atoms with Crippen LogP contribution in [0.4, 0.5) is 0 Å². The van der Waals surface area contributed by atoms with Crippen molar-refractivity contribution in [2.75, 3.05) is 0 Å². The lowest BCUT2D eigenvalue weighted by Crippen LogP contribution is -2.15. The molecule has 0 saturated carbocycles. The Morgan fingerprint density at radius 2 is 1.79 bits per heavy atom. The molecule has 0 aliphatic heterocycles. The molecule has 0 spiro atoms. The van der Waals surface area contributed by atoms with E-state index in [0.29, 0.717) is 12.4 Å². The number of nitrogens with zero attached hydrogens (tertiary/aromatic N) is 7. The van der Waals surface area contributed by atoms with E-state index in [2.05, 4.69) is 93.4 Å². The van der Waals surface area contributed by atoms with Crippen molar-refractivity contribution >= 4 is 11.0 Å². The molecule has 1 N–H and O–H groups in total. The molecule has 3 aromatic heterocycles. The summed E-state index contributed by atoms with van der Waals surface area (Å²) in [7, 11) is 0. The highest BCUT2D eigenvalue weighted by molar-refractivity contribution is 5.86.